The average Bonchev–Trinajstić information content (AvgIpc) is 3.03. The summed E-state index contributed by atoms with van der Waals surface area (Å²) in [5, 5.41) is 3.31. The van der Waals surface area contributed by atoms with E-state index in [2.05, 4.69) is 31.7 Å². The van der Waals surface area contributed by atoms with Crippen molar-refractivity contribution in [3.05, 3.63) is 46.9 Å². The number of ether oxygens (including phenoxy) is 1. The number of rotatable bonds is 4. The Morgan fingerprint density at radius 1 is 1.19 bits per heavy atom. The lowest BCUT2D eigenvalue weighted by atomic mass is 10.2. The van der Waals surface area contributed by atoms with Crippen LogP contribution in [0.4, 0.5) is 5.82 Å². The molecule has 1 aliphatic rings. The fraction of sp³-hybridized carbons (Fsp3) is 0.278. The normalized spacial score (nSPS) is 14.6. The number of methoxy groups -OCH3 is 1. The van der Waals surface area contributed by atoms with Crippen LogP contribution in [0.3, 0.4) is 0 Å². The van der Waals surface area contributed by atoms with Crippen molar-refractivity contribution in [2.24, 2.45) is 0 Å². The predicted octanol–water partition coefficient (Wildman–Crippen LogP) is 1.17. The van der Waals surface area contributed by atoms with E-state index < -0.39 is 0 Å². The lowest BCUT2D eigenvalue weighted by molar-refractivity contribution is 0.381. The highest BCUT2D eigenvalue weighted by Crippen LogP contribution is 2.25. The number of nitrogens with zero attached hydrogens (tertiary/aromatic N) is 4. The summed E-state index contributed by atoms with van der Waals surface area (Å²) < 4.78 is 6.82. The standard InChI is InChI=1S/C18H20N6O2/c1-3-12-4-6-13(7-5-12)24-16-14(20-18(24)25)15(21-17(22-16)26-2)23-10-8-19-9-11-23/h3-7,19H,1,8-11H2,2H3,(H,20,25). The molecule has 0 atom stereocenters. The van der Waals surface area contributed by atoms with Gasteiger partial charge in [-0.25, -0.2) is 9.36 Å². The minimum Gasteiger partial charge on any atom is -0.467 e. The van der Waals surface area contributed by atoms with E-state index in [0.717, 1.165) is 37.4 Å². The van der Waals surface area contributed by atoms with Crippen molar-refractivity contribution in [1.29, 1.82) is 0 Å². The summed E-state index contributed by atoms with van der Waals surface area (Å²) in [5.74, 6) is 0.687. The fourth-order valence-corrected chi connectivity index (χ4v) is 3.15. The van der Waals surface area contributed by atoms with Gasteiger partial charge in [-0.05, 0) is 17.7 Å². The molecule has 4 rings (SSSR count). The molecular formula is C18H20N6O2. The molecule has 1 fully saturated rings. The molecule has 3 heterocycles. The van der Waals surface area contributed by atoms with E-state index in [1.807, 2.05) is 24.3 Å². The number of hydrogen-bond acceptors (Lipinski definition) is 6. The lowest BCUT2D eigenvalue weighted by Gasteiger charge is -2.28. The van der Waals surface area contributed by atoms with Crippen molar-refractivity contribution in [1.82, 2.24) is 24.8 Å². The van der Waals surface area contributed by atoms with Crippen LogP contribution in [0.15, 0.2) is 35.6 Å². The summed E-state index contributed by atoms with van der Waals surface area (Å²) in [6.45, 7) is 7.08. The van der Waals surface area contributed by atoms with E-state index in [9.17, 15) is 4.79 Å². The number of anilines is 1. The molecule has 0 radical (unpaired) electrons. The zero-order valence-corrected chi connectivity index (χ0v) is 14.5. The van der Waals surface area contributed by atoms with Crippen LogP contribution in [0.5, 0.6) is 6.01 Å². The van der Waals surface area contributed by atoms with Gasteiger partial charge in [0.25, 0.3) is 0 Å². The highest BCUT2D eigenvalue weighted by molar-refractivity contribution is 5.85. The van der Waals surface area contributed by atoms with Crippen molar-refractivity contribution in [3.63, 3.8) is 0 Å². The Kier molecular flexibility index (Phi) is 4.18. The topological polar surface area (TPSA) is 88.1 Å². The van der Waals surface area contributed by atoms with E-state index >= 15 is 0 Å². The highest BCUT2D eigenvalue weighted by atomic mass is 16.5. The van der Waals surface area contributed by atoms with Crippen molar-refractivity contribution in [3.8, 4) is 11.7 Å². The number of fused-ring (bicyclic) bond motifs is 1. The number of aromatic nitrogens is 4. The van der Waals surface area contributed by atoms with Crippen LogP contribution in [0.2, 0.25) is 0 Å². The summed E-state index contributed by atoms with van der Waals surface area (Å²) in [5.41, 5.74) is 2.56. The first-order valence-corrected chi connectivity index (χ1v) is 8.46. The monoisotopic (exact) mass is 352 g/mol. The lowest BCUT2D eigenvalue weighted by Crippen LogP contribution is -2.44. The van der Waals surface area contributed by atoms with Gasteiger partial charge in [0.1, 0.15) is 5.52 Å². The minimum atomic E-state index is -0.259. The molecular weight excluding hydrogens is 332 g/mol. The third-order valence-electron chi connectivity index (χ3n) is 4.48. The van der Waals surface area contributed by atoms with Crippen molar-refractivity contribution in [2.45, 2.75) is 0 Å². The SMILES string of the molecule is C=Cc1ccc(-n2c(=O)[nH]c3c(N4CCNCC4)nc(OC)nc32)cc1. The maximum absolute atomic E-state index is 12.7. The first-order chi connectivity index (χ1) is 12.7. The summed E-state index contributed by atoms with van der Waals surface area (Å²) in [7, 11) is 1.52. The maximum Gasteiger partial charge on any atom is 0.332 e. The summed E-state index contributed by atoms with van der Waals surface area (Å²) in [6.07, 6.45) is 1.76. The van der Waals surface area contributed by atoms with Crippen LogP contribution in [-0.4, -0.2) is 52.8 Å². The van der Waals surface area contributed by atoms with Crippen LogP contribution in [0, 0.1) is 0 Å². The minimum absolute atomic E-state index is 0.237. The molecule has 134 valence electrons. The van der Waals surface area contributed by atoms with Gasteiger partial charge >= 0.3 is 11.7 Å². The summed E-state index contributed by atoms with van der Waals surface area (Å²) in [4.78, 5) is 26.6. The quantitative estimate of drug-likeness (QED) is 0.733. The highest BCUT2D eigenvalue weighted by Gasteiger charge is 2.22. The smallest absolute Gasteiger partial charge is 0.332 e. The second kappa shape index (κ2) is 6.64. The van der Waals surface area contributed by atoms with Crippen LogP contribution >= 0.6 is 0 Å². The molecule has 2 aromatic heterocycles. The Morgan fingerprint density at radius 2 is 1.92 bits per heavy atom. The zero-order valence-electron chi connectivity index (χ0n) is 14.5. The van der Waals surface area contributed by atoms with Gasteiger partial charge in [-0.3, -0.25) is 0 Å². The van der Waals surface area contributed by atoms with Gasteiger partial charge in [0.15, 0.2) is 11.5 Å². The van der Waals surface area contributed by atoms with E-state index in [0.29, 0.717) is 17.0 Å². The Morgan fingerprint density at radius 3 is 2.58 bits per heavy atom. The fourth-order valence-electron chi connectivity index (χ4n) is 3.15. The maximum atomic E-state index is 12.7. The second-order valence-electron chi connectivity index (χ2n) is 6.03. The molecule has 0 spiro atoms. The largest absolute Gasteiger partial charge is 0.467 e. The van der Waals surface area contributed by atoms with Gasteiger partial charge in [0, 0.05) is 26.2 Å². The third kappa shape index (κ3) is 2.74. The Labute approximate surface area is 150 Å². The molecule has 8 heteroatoms. The molecule has 26 heavy (non-hydrogen) atoms. The van der Waals surface area contributed by atoms with Gasteiger partial charge in [0.2, 0.25) is 0 Å². The first-order valence-electron chi connectivity index (χ1n) is 8.46. The second-order valence-corrected chi connectivity index (χ2v) is 6.03. The van der Waals surface area contributed by atoms with Crippen LogP contribution in [0.25, 0.3) is 22.9 Å². The van der Waals surface area contributed by atoms with Crippen molar-refractivity contribution in [2.75, 3.05) is 38.2 Å². The Balaban J connectivity index is 1.92. The number of H-pyrrole nitrogens is 1. The number of imidazole rings is 1. The average molecular weight is 352 g/mol. The molecule has 0 saturated carbocycles. The molecule has 1 aliphatic heterocycles. The van der Waals surface area contributed by atoms with Crippen molar-refractivity contribution < 1.29 is 4.74 Å². The number of benzene rings is 1. The van der Waals surface area contributed by atoms with Crippen LogP contribution < -0.4 is 20.6 Å². The van der Waals surface area contributed by atoms with E-state index in [1.165, 1.54) is 11.7 Å². The van der Waals surface area contributed by atoms with Crippen LogP contribution in [0.1, 0.15) is 5.56 Å². The predicted molar refractivity (Wildman–Crippen MR) is 101 cm³/mol. The zero-order chi connectivity index (χ0) is 18.1. The molecule has 3 aromatic rings. The summed E-state index contributed by atoms with van der Waals surface area (Å²) in [6, 6.07) is 7.78. The molecule has 0 unspecified atom stereocenters. The van der Waals surface area contributed by atoms with Gasteiger partial charge in [-0.2, -0.15) is 9.97 Å². The number of hydrogen-bond donors (Lipinski definition) is 2. The Hall–Kier alpha value is -3.13. The Bertz CT molecular complexity index is 999. The molecule has 8 nitrogen and oxygen atoms in total. The van der Waals surface area contributed by atoms with E-state index in [-0.39, 0.29) is 11.7 Å². The first kappa shape index (κ1) is 16.3. The van der Waals surface area contributed by atoms with Gasteiger partial charge in [-0.1, -0.05) is 24.8 Å². The molecule has 0 amide bonds. The van der Waals surface area contributed by atoms with Gasteiger partial charge in [0.05, 0.1) is 12.8 Å². The van der Waals surface area contributed by atoms with Crippen LogP contribution in [-0.2, 0) is 0 Å². The van der Waals surface area contributed by atoms with E-state index in [4.69, 9.17) is 4.74 Å². The summed E-state index contributed by atoms with van der Waals surface area (Å²) >= 11 is 0. The van der Waals surface area contributed by atoms with Gasteiger partial charge in [-0.15, -0.1) is 0 Å². The molecule has 0 bridgehead atoms. The molecule has 1 saturated heterocycles. The molecule has 1 aromatic carbocycles. The number of nitrogens with one attached hydrogen (secondary N) is 2. The van der Waals surface area contributed by atoms with Gasteiger partial charge < -0.3 is 19.9 Å². The van der Waals surface area contributed by atoms with Crippen molar-refractivity contribution >= 4 is 23.1 Å². The number of aromatic amines is 1. The molecule has 2 N–H and O–H groups in total. The molecule has 0 aliphatic carbocycles. The third-order valence-corrected chi connectivity index (χ3v) is 4.48. The number of piperazine rings is 1. The van der Waals surface area contributed by atoms with E-state index in [1.54, 1.807) is 6.08 Å².